The van der Waals surface area contributed by atoms with Crippen molar-refractivity contribution in [1.29, 1.82) is 0 Å². The van der Waals surface area contributed by atoms with E-state index >= 15 is 0 Å². The fraction of sp³-hybridized carbons (Fsp3) is 0. The van der Waals surface area contributed by atoms with Gasteiger partial charge in [0.1, 0.15) is 0 Å². The smallest absolute Gasteiger partial charge is 0.313 e. The molecule has 0 aliphatic heterocycles. The van der Waals surface area contributed by atoms with Crippen LogP contribution in [0.25, 0.3) is 10.8 Å². The first-order valence-corrected chi connectivity index (χ1v) is 4.15. The summed E-state index contributed by atoms with van der Waals surface area (Å²) >= 11 is 6.98. The van der Waals surface area contributed by atoms with Crippen molar-refractivity contribution in [2.75, 3.05) is 0 Å². The molecule has 2 aromatic rings. The van der Waals surface area contributed by atoms with E-state index in [1.54, 1.807) is 0 Å². The van der Waals surface area contributed by atoms with Crippen LogP contribution >= 0.6 is 22.9 Å². The number of thiophene rings is 1. The third-order valence-corrected chi connectivity index (χ3v) is 2.14. The number of nitrogens with zero attached hydrogens (tertiary/aromatic N) is 2. The van der Waals surface area contributed by atoms with E-state index in [1.165, 1.54) is 11.3 Å². The van der Waals surface area contributed by atoms with Gasteiger partial charge < -0.3 is 4.42 Å². The van der Waals surface area contributed by atoms with Crippen molar-refractivity contribution in [2.24, 2.45) is 0 Å². The fourth-order valence-corrected chi connectivity index (χ4v) is 1.46. The molecule has 2 aromatic heterocycles. The minimum Gasteiger partial charge on any atom is -0.407 e. The topological polar surface area (TPSA) is 38.9 Å². The summed E-state index contributed by atoms with van der Waals surface area (Å²) in [5.74, 6) is 0.477. The van der Waals surface area contributed by atoms with Crippen molar-refractivity contribution < 1.29 is 4.42 Å². The van der Waals surface area contributed by atoms with Crippen LogP contribution in [0.4, 0.5) is 0 Å². The van der Waals surface area contributed by atoms with Gasteiger partial charge in [-0.25, -0.2) is 0 Å². The lowest BCUT2D eigenvalue weighted by Gasteiger charge is -1.81. The summed E-state index contributed by atoms with van der Waals surface area (Å²) < 4.78 is 4.98. The van der Waals surface area contributed by atoms with Crippen LogP contribution in [0.3, 0.4) is 0 Å². The van der Waals surface area contributed by atoms with Crippen molar-refractivity contribution in [3.05, 3.63) is 22.9 Å². The number of halogens is 1. The van der Waals surface area contributed by atoms with Crippen molar-refractivity contribution in [1.82, 2.24) is 10.2 Å². The van der Waals surface area contributed by atoms with Crippen LogP contribution < -0.4 is 0 Å². The summed E-state index contributed by atoms with van der Waals surface area (Å²) in [5.41, 5.74) is 0. The van der Waals surface area contributed by atoms with Crippen LogP contribution in [0.2, 0.25) is 5.35 Å². The van der Waals surface area contributed by atoms with Gasteiger partial charge in [0.25, 0.3) is 5.89 Å². The third-order valence-electron chi connectivity index (χ3n) is 1.13. The van der Waals surface area contributed by atoms with Crippen molar-refractivity contribution in [3.8, 4) is 10.8 Å². The van der Waals surface area contributed by atoms with Crippen LogP contribution in [-0.2, 0) is 0 Å². The summed E-state index contributed by atoms with van der Waals surface area (Å²) in [7, 11) is 0. The number of aromatic nitrogens is 2. The standard InChI is InChI=1S/C6H3ClN2OS/c7-6-9-8-5(10-6)4-2-1-3-11-4/h1-3H. The molecule has 11 heavy (non-hydrogen) atoms. The molecular weight excluding hydrogens is 184 g/mol. The maximum Gasteiger partial charge on any atom is 0.313 e. The molecule has 2 heterocycles. The average molecular weight is 187 g/mol. The second kappa shape index (κ2) is 2.64. The van der Waals surface area contributed by atoms with Crippen molar-refractivity contribution in [2.45, 2.75) is 0 Å². The first kappa shape index (κ1) is 6.82. The van der Waals surface area contributed by atoms with Gasteiger partial charge in [-0.2, -0.15) is 0 Å². The fourth-order valence-electron chi connectivity index (χ4n) is 0.705. The highest BCUT2D eigenvalue weighted by atomic mass is 35.5. The lowest BCUT2D eigenvalue weighted by atomic mass is 10.5. The molecule has 0 radical (unpaired) electrons. The number of rotatable bonds is 1. The lowest BCUT2D eigenvalue weighted by molar-refractivity contribution is 0.572. The molecule has 0 aromatic carbocycles. The largest absolute Gasteiger partial charge is 0.407 e. The molecule has 5 heteroatoms. The first-order chi connectivity index (χ1) is 5.36. The van der Waals surface area contributed by atoms with Gasteiger partial charge >= 0.3 is 5.35 Å². The Morgan fingerprint density at radius 3 is 2.91 bits per heavy atom. The zero-order valence-electron chi connectivity index (χ0n) is 5.32. The maximum atomic E-state index is 5.44. The molecule has 0 atom stereocenters. The molecule has 56 valence electrons. The van der Waals surface area contributed by atoms with E-state index in [0.717, 1.165) is 4.88 Å². The minimum atomic E-state index is 0.0772. The Hall–Kier alpha value is -0.870. The van der Waals surface area contributed by atoms with Crippen LogP contribution in [0.5, 0.6) is 0 Å². The Bertz CT molecular complexity index is 343. The molecule has 2 rings (SSSR count). The molecule has 0 amide bonds. The van der Waals surface area contributed by atoms with Crippen LogP contribution in [0.15, 0.2) is 21.9 Å². The quantitative estimate of drug-likeness (QED) is 0.687. The second-order valence-corrected chi connectivity index (χ2v) is 3.11. The van der Waals surface area contributed by atoms with Gasteiger partial charge in [-0.3, -0.25) is 0 Å². The molecule has 0 aliphatic carbocycles. The first-order valence-electron chi connectivity index (χ1n) is 2.89. The van der Waals surface area contributed by atoms with Crippen molar-refractivity contribution in [3.63, 3.8) is 0 Å². The molecule has 0 unspecified atom stereocenters. The monoisotopic (exact) mass is 186 g/mol. The maximum absolute atomic E-state index is 5.44. The molecule has 0 spiro atoms. The van der Waals surface area contributed by atoms with E-state index < -0.39 is 0 Å². The van der Waals surface area contributed by atoms with Gasteiger partial charge in [-0.1, -0.05) is 11.2 Å². The molecule has 0 saturated carbocycles. The summed E-state index contributed by atoms with van der Waals surface area (Å²) in [6.07, 6.45) is 0. The minimum absolute atomic E-state index is 0.0772. The van der Waals surface area contributed by atoms with Gasteiger partial charge in [0.05, 0.1) is 4.88 Å². The Kier molecular flexibility index (Phi) is 1.63. The predicted molar refractivity (Wildman–Crippen MR) is 42.6 cm³/mol. The SMILES string of the molecule is Clc1nnc(-c2cccs2)o1. The van der Waals surface area contributed by atoms with Gasteiger partial charge in [0.15, 0.2) is 0 Å². The molecule has 0 N–H and O–H groups in total. The molecule has 0 bridgehead atoms. The van der Waals surface area contributed by atoms with E-state index in [-0.39, 0.29) is 5.35 Å². The molecule has 0 aliphatic rings. The molecular formula is C6H3ClN2OS. The van der Waals surface area contributed by atoms with Crippen LogP contribution in [0.1, 0.15) is 0 Å². The highest BCUT2D eigenvalue weighted by Crippen LogP contribution is 2.23. The van der Waals surface area contributed by atoms with Gasteiger partial charge in [-0.15, -0.1) is 16.4 Å². The van der Waals surface area contributed by atoms with Gasteiger partial charge in [-0.05, 0) is 23.0 Å². The zero-order valence-corrected chi connectivity index (χ0v) is 6.89. The third kappa shape index (κ3) is 1.27. The van der Waals surface area contributed by atoms with Gasteiger partial charge in [0, 0.05) is 0 Å². The Balaban J connectivity index is 2.45. The van der Waals surface area contributed by atoms with Crippen molar-refractivity contribution >= 4 is 22.9 Å². The summed E-state index contributed by atoms with van der Waals surface area (Å²) in [5, 5.41) is 9.26. The summed E-state index contributed by atoms with van der Waals surface area (Å²) in [6.45, 7) is 0. The Morgan fingerprint density at radius 2 is 2.36 bits per heavy atom. The van der Waals surface area contributed by atoms with E-state index in [4.69, 9.17) is 16.0 Å². The van der Waals surface area contributed by atoms with E-state index in [0.29, 0.717) is 5.89 Å². The van der Waals surface area contributed by atoms with Crippen LogP contribution in [-0.4, -0.2) is 10.2 Å². The lowest BCUT2D eigenvalue weighted by Crippen LogP contribution is -1.69. The van der Waals surface area contributed by atoms with E-state index in [2.05, 4.69) is 10.2 Å². The highest BCUT2D eigenvalue weighted by Gasteiger charge is 2.05. The molecule has 0 fully saturated rings. The Labute approximate surface area is 71.6 Å². The number of hydrogen-bond donors (Lipinski definition) is 0. The average Bonchev–Trinajstić information content (AvgIpc) is 2.55. The predicted octanol–water partition coefficient (Wildman–Crippen LogP) is 2.45. The molecule has 3 nitrogen and oxygen atoms in total. The van der Waals surface area contributed by atoms with E-state index in [1.807, 2.05) is 17.5 Å². The number of hydrogen-bond acceptors (Lipinski definition) is 4. The Morgan fingerprint density at radius 1 is 1.45 bits per heavy atom. The van der Waals surface area contributed by atoms with Gasteiger partial charge in [0.2, 0.25) is 0 Å². The zero-order chi connectivity index (χ0) is 7.68. The van der Waals surface area contributed by atoms with Crippen LogP contribution in [0, 0.1) is 0 Å². The highest BCUT2D eigenvalue weighted by molar-refractivity contribution is 7.13. The van der Waals surface area contributed by atoms with E-state index in [9.17, 15) is 0 Å². The summed E-state index contributed by atoms with van der Waals surface area (Å²) in [6, 6.07) is 3.81. The second-order valence-electron chi connectivity index (χ2n) is 1.84. The normalized spacial score (nSPS) is 10.3. The summed E-state index contributed by atoms with van der Waals surface area (Å²) in [4.78, 5) is 0.935. The molecule has 0 saturated heterocycles.